The van der Waals surface area contributed by atoms with Gasteiger partial charge in [0.15, 0.2) is 5.89 Å². The molecule has 1 fully saturated rings. The summed E-state index contributed by atoms with van der Waals surface area (Å²) < 4.78 is 19.2. The highest BCUT2D eigenvalue weighted by Crippen LogP contribution is 2.28. The molecule has 4 nitrogen and oxygen atoms in total. The Morgan fingerprint density at radius 2 is 2.29 bits per heavy atom. The normalized spacial score (nSPS) is 18.2. The van der Waals surface area contributed by atoms with Crippen molar-refractivity contribution in [3.8, 4) is 0 Å². The summed E-state index contributed by atoms with van der Waals surface area (Å²) in [5.41, 5.74) is 0.859. The summed E-state index contributed by atoms with van der Waals surface area (Å²) in [5, 5.41) is 0. The summed E-state index contributed by atoms with van der Waals surface area (Å²) >= 11 is 0. The Kier molecular flexibility index (Phi) is 4.97. The molecule has 1 unspecified atom stereocenters. The first-order valence-electron chi connectivity index (χ1n) is 8.50. The highest BCUT2D eigenvalue weighted by atomic mass is 19.1. The zero-order chi connectivity index (χ0) is 17.1. The molecular formula is C19H23FN2O2. The van der Waals surface area contributed by atoms with Gasteiger partial charge in [0.2, 0.25) is 5.91 Å². The quantitative estimate of drug-likeness (QED) is 0.857. The van der Waals surface area contributed by atoms with Crippen molar-refractivity contribution in [1.82, 2.24) is 9.88 Å². The minimum absolute atomic E-state index is 0.0110. The highest BCUT2D eigenvalue weighted by molar-refractivity contribution is 5.78. The van der Waals surface area contributed by atoms with Crippen molar-refractivity contribution < 1.29 is 13.6 Å². The molecule has 1 aliphatic rings. The van der Waals surface area contributed by atoms with Gasteiger partial charge in [-0.2, -0.15) is 0 Å². The topological polar surface area (TPSA) is 46.3 Å². The first-order valence-corrected chi connectivity index (χ1v) is 8.50. The first-order chi connectivity index (χ1) is 11.5. The summed E-state index contributed by atoms with van der Waals surface area (Å²) in [6.07, 6.45) is 4.17. The molecule has 3 rings (SSSR count). The Balaban J connectivity index is 1.67. The molecule has 128 valence electrons. The van der Waals surface area contributed by atoms with Crippen molar-refractivity contribution in [1.29, 1.82) is 0 Å². The van der Waals surface area contributed by atoms with Gasteiger partial charge in [-0.25, -0.2) is 9.37 Å². The van der Waals surface area contributed by atoms with Crippen LogP contribution >= 0.6 is 0 Å². The maximum Gasteiger partial charge on any atom is 0.225 e. The largest absolute Gasteiger partial charge is 0.445 e. The van der Waals surface area contributed by atoms with E-state index < -0.39 is 0 Å². The predicted octanol–water partition coefficient (Wildman–Crippen LogP) is 3.77. The molecule has 5 heteroatoms. The number of benzene rings is 1. The van der Waals surface area contributed by atoms with Gasteiger partial charge in [0, 0.05) is 25.4 Å². The van der Waals surface area contributed by atoms with Crippen LogP contribution in [-0.2, 0) is 11.2 Å². The van der Waals surface area contributed by atoms with Gasteiger partial charge >= 0.3 is 0 Å². The predicted molar refractivity (Wildman–Crippen MR) is 89.1 cm³/mol. The van der Waals surface area contributed by atoms with Crippen molar-refractivity contribution in [2.24, 2.45) is 5.92 Å². The minimum Gasteiger partial charge on any atom is -0.445 e. The molecule has 2 aromatic rings. The van der Waals surface area contributed by atoms with E-state index in [9.17, 15) is 9.18 Å². The smallest absolute Gasteiger partial charge is 0.225 e. The third-order valence-electron chi connectivity index (χ3n) is 4.42. The minimum atomic E-state index is -0.248. The first kappa shape index (κ1) is 16.7. The third kappa shape index (κ3) is 3.83. The summed E-state index contributed by atoms with van der Waals surface area (Å²) in [5.74, 6) is 1.50. The summed E-state index contributed by atoms with van der Waals surface area (Å²) in [6, 6.07) is 6.50. The van der Waals surface area contributed by atoms with E-state index in [1.165, 1.54) is 12.1 Å². The Labute approximate surface area is 141 Å². The molecule has 1 aromatic carbocycles. The van der Waals surface area contributed by atoms with Crippen molar-refractivity contribution in [3.05, 3.63) is 53.5 Å². The van der Waals surface area contributed by atoms with Crippen LogP contribution in [0.4, 0.5) is 4.39 Å². The van der Waals surface area contributed by atoms with Crippen LogP contribution in [0.25, 0.3) is 0 Å². The molecule has 1 amide bonds. The monoisotopic (exact) mass is 330 g/mol. The van der Waals surface area contributed by atoms with Crippen molar-refractivity contribution >= 4 is 5.91 Å². The Morgan fingerprint density at radius 1 is 1.46 bits per heavy atom. The number of piperidine rings is 1. The molecule has 0 radical (unpaired) electrons. The van der Waals surface area contributed by atoms with Crippen molar-refractivity contribution in [2.75, 3.05) is 13.1 Å². The summed E-state index contributed by atoms with van der Waals surface area (Å²) in [6.45, 7) is 5.32. The Bertz CT molecular complexity index is 711. The molecule has 1 aromatic heterocycles. The van der Waals surface area contributed by atoms with E-state index in [1.807, 2.05) is 24.8 Å². The molecule has 0 saturated carbocycles. The van der Waals surface area contributed by atoms with Gasteiger partial charge in [-0.1, -0.05) is 26.0 Å². The zero-order valence-electron chi connectivity index (χ0n) is 14.2. The lowest BCUT2D eigenvalue weighted by Gasteiger charge is -2.32. The van der Waals surface area contributed by atoms with E-state index >= 15 is 0 Å². The molecule has 1 atom stereocenters. The lowest BCUT2D eigenvalue weighted by molar-refractivity contribution is -0.135. The number of nitrogens with zero attached hydrogens (tertiary/aromatic N) is 2. The fourth-order valence-corrected chi connectivity index (χ4v) is 3.19. The van der Waals surface area contributed by atoms with Crippen LogP contribution in [0.15, 0.2) is 34.9 Å². The number of oxazole rings is 1. The molecule has 1 saturated heterocycles. The number of carbonyl (C=O) groups excluding carboxylic acids is 1. The number of likely N-dealkylation sites (tertiary alicyclic amines) is 1. The maximum absolute atomic E-state index is 13.3. The SMILES string of the molecule is CC(C)C(=O)N1CCCC(c2ncc(Cc3cccc(F)c3)o2)C1. The summed E-state index contributed by atoms with van der Waals surface area (Å²) in [4.78, 5) is 18.5. The van der Waals surface area contributed by atoms with Gasteiger partial charge in [0.05, 0.1) is 12.1 Å². The van der Waals surface area contributed by atoms with Crippen LogP contribution in [0.1, 0.15) is 49.8 Å². The van der Waals surface area contributed by atoms with Crippen LogP contribution in [0, 0.1) is 11.7 Å². The standard InChI is InChI=1S/C19H23FN2O2/c1-13(2)19(23)22-8-4-6-15(12-22)18-21-11-17(24-18)10-14-5-3-7-16(20)9-14/h3,5,7,9,11,13,15H,4,6,8,10,12H2,1-2H3. The molecule has 24 heavy (non-hydrogen) atoms. The maximum atomic E-state index is 13.3. The van der Waals surface area contributed by atoms with Gasteiger partial charge < -0.3 is 9.32 Å². The van der Waals surface area contributed by atoms with Gasteiger partial charge in [-0.3, -0.25) is 4.79 Å². The molecule has 0 spiro atoms. The molecule has 2 heterocycles. The van der Waals surface area contributed by atoms with E-state index in [0.29, 0.717) is 18.9 Å². The van der Waals surface area contributed by atoms with E-state index in [-0.39, 0.29) is 23.6 Å². The second-order valence-corrected chi connectivity index (χ2v) is 6.75. The third-order valence-corrected chi connectivity index (χ3v) is 4.42. The van der Waals surface area contributed by atoms with Gasteiger partial charge in [0.25, 0.3) is 0 Å². The van der Waals surface area contributed by atoms with Crippen LogP contribution in [0.3, 0.4) is 0 Å². The lowest BCUT2D eigenvalue weighted by atomic mass is 9.97. The average Bonchev–Trinajstić information content (AvgIpc) is 3.02. The Hall–Kier alpha value is -2.17. The summed E-state index contributed by atoms with van der Waals surface area (Å²) in [7, 11) is 0. The van der Waals surface area contributed by atoms with Crippen LogP contribution < -0.4 is 0 Å². The molecule has 0 bridgehead atoms. The number of hydrogen-bond acceptors (Lipinski definition) is 3. The zero-order valence-corrected chi connectivity index (χ0v) is 14.2. The van der Waals surface area contributed by atoms with Crippen LogP contribution in [0.2, 0.25) is 0 Å². The molecular weight excluding hydrogens is 307 g/mol. The number of rotatable bonds is 4. The number of halogens is 1. The second-order valence-electron chi connectivity index (χ2n) is 6.75. The Morgan fingerprint density at radius 3 is 3.04 bits per heavy atom. The lowest BCUT2D eigenvalue weighted by Crippen LogP contribution is -2.41. The molecule has 0 N–H and O–H groups in total. The van der Waals surface area contributed by atoms with E-state index in [4.69, 9.17) is 4.42 Å². The number of carbonyl (C=O) groups is 1. The van der Waals surface area contributed by atoms with Crippen molar-refractivity contribution in [3.63, 3.8) is 0 Å². The van der Waals surface area contributed by atoms with Crippen molar-refractivity contribution in [2.45, 2.75) is 39.0 Å². The van der Waals surface area contributed by atoms with E-state index in [0.717, 1.165) is 30.7 Å². The highest BCUT2D eigenvalue weighted by Gasteiger charge is 2.28. The number of amides is 1. The fraction of sp³-hybridized carbons (Fsp3) is 0.474. The van der Waals surface area contributed by atoms with Crippen LogP contribution in [0.5, 0.6) is 0 Å². The second kappa shape index (κ2) is 7.16. The number of hydrogen-bond donors (Lipinski definition) is 0. The van der Waals surface area contributed by atoms with Gasteiger partial charge in [0.1, 0.15) is 11.6 Å². The van der Waals surface area contributed by atoms with Gasteiger partial charge in [-0.05, 0) is 30.5 Å². The number of aromatic nitrogens is 1. The van der Waals surface area contributed by atoms with Gasteiger partial charge in [-0.15, -0.1) is 0 Å². The van der Waals surface area contributed by atoms with E-state index in [1.54, 1.807) is 12.3 Å². The molecule has 0 aliphatic carbocycles. The fourth-order valence-electron chi connectivity index (χ4n) is 3.19. The average molecular weight is 330 g/mol. The molecule has 1 aliphatic heterocycles. The van der Waals surface area contributed by atoms with E-state index in [2.05, 4.69) is 4.98 Å². The van der Waals surface area contributed by atoms with Crippen LogP contribution in [-0.4, -0.2) is 28.9 Å².